The maximum Gasteiger partial charge on any atom is 0.268 e. The van der Waals surface area contributed by atoms with Crippen molar-refractivity contribution in [2.45, 2.75) is 11.8 Å². The first kappa shape index (κ1) is 20.2. The molecule has 28 heavy (non-hydrogen) atoms. The van der Waals surface area contributed by atoms with Crippen LogP contribution in [-0.2, 0) is 10.0 Å². The van der Waals surface area contributed by atoms with Gasteiger partial charge in [-0.05, 0) is 63.5 Å². The normalized spacial score (nSPS) is 11.9. The maximum absolute atomic E-state index is 13.3. The molecule has 0 bridgehead atoms. The minimum atomic E-state index is -3.93. The van der Waals surface area contributed by atoms with E-state index in [0.29, 0.717) is 41.2 Å². The molecule has 0 amide bonds. The van der Waals surface area contributed by atoms with Gasteiger partial charge in [-0.15, -0.1) is 0 Å². The van der Waals surface area contributed by atoms with Crippen LogP contribution >= 0.6 is 0 Å². The van der Waals surface area contributed by atoms with E-state index in [1.165, 1.54) is 16.1 Å². The molecule has 0 N–H and O–H groups in total. The van der Waals surface area contributed by atoms with Gasteiger partial charge in [0, 0.05) is 11.9 Å². The number of fused-ring (bicyclic) bond motifs is 1. The van der Waals surface area contributed by atoms with E-state index < -0.39 is 15.8 Å². The molecule has 2 aromatic carbocycles. The first-order chi connectivity index (χ1) is 13.3. The van der Waals surface area contributed by atoms with Crippen LogP contribution in [0.1, 0.15) is 5.69 Å². The Morgan fingerprint density at radius 2 is 1.79 bits per heavy atom. The average molecular weight is 406 g/mol. The second-order valence-corrected chi connectivity index (χ2v) is 8.46. The molecule has 0 saturated carbocycles. The summed E-state index contributed by atoms with van der Waals surface area (Å²) < 4.78 is 52.3. The van der Waals surface area contributed by atoms with Crippen LogP contribution < -0.4 is 9.47 Å². The number of ether oxygens (including phenoxy) is 2. The van der Waals surface area contributed by atoms with Gasteiger partial charge < -0.3 is 14.4 Å². The number of benzene rings is 2. The monoisotopic (exact) mass is 406 g/mol. The van der Waals surface area contributed by atoms with Crippen molar-refractivity contribution >= 4 is 20.9 Å². The number of halogens is 1. The Kier molecular flexibility index (Phi) is 5.62. The largest absolute Gasteiger partial charge is 0.497 e. The Bertz CT molecular complexity index is 1090. The van der Waals surface area contributed by atoms with Crippen molar-refractivity contribution in [3.63, 3.8) is 0 Å². The summed E-state index contributed by atoms with van der Waals surface area (Å²) in [6, 6.07) is 9.90. The van der Waals surface area contributed by atoms with Gasteiger partial charge in [0.25, 0.3) is 10.0 Å². The molecule has 1 aromatic heterocycles. The number of hydrogen-bond acceptors (Lipinski definition) is 5. The molecule has 3 aromatic rings. The van der Waals surface area contributed by atoms with E-state index in [0.717, 1.165) is 12.1 Å². The van der Waals surface area contributed by atoms with Crippen molar-refractivity contribution < 1.29 is 22.3 Å². The topological polar surface area (TPSA) is 60.8 Å². The van der Waals surface area contributed by atoms with Crippen LogP contribution in [0.3, 0.4) is 0 Å². The average Bonchev–Trinajstić information content (AvgIpc) is 2.93. The maximum atomic E-state index is 13.3. The Labute approximate surface area is 164 Å². The SMILES string of the molecule is COc1ccc2c(c1)c(OCCN(C)C)c(C)n2S(=O)(=O)c1ccc(F)cc1. The van der Waals surface area contributed by atoms with Crippen LogP contribution in [0.25, 0.3) is 10.9 Å². The lowest BCUT2D eigenvalue weighted by molar-refractivity contribution is 0.262. The Morgan fingerprint density at radius 3 is 2.39 bits per heavy atom. The minimum Gasteiger partial charge on any atom is -0.497 e. The molecule has 8 heteroatoms. The molecule has 0 aliphatic rings. The summed E-state index contributed by atoms with van der Waals surface area (Å²) in [7, 11) is 1.48. The van der Waals surface area contributed by atoms with Crippen molar-refractivity contribution in [2.24, 2.45) is 0 Å². The van der Waals surface area contributed by atoms with Crippen molar-refractivity contribution in [2.75, 3.05) is 34.4 Å². The first-order valence-corrected chi connectivity index (χ1v) is 10.2. The molecule has 6 nitrogen and oxygen atoms in total. The molecule has 0 radical (unpaired) electrons. The number of hydrogen-bond donors (Lipinski definition) is 0. The first-order valence-electron chi connectivity index (χ1n) is 8.73. The highest BCUT2D eigenvalue weighted by molar-refractivity contribution is 7.90. The summed E-state index contributed by atoms with van der Waals surface area (Å²) in [5, 5.41) is 0.640. The van der Waals surface area contributed by atoms with Crippen LogP contribution in [0.5, 0.6) is 11.5 Å². The quantitative estimate of drug-likeness (QED) is 0.603. The summed E-state index contributed by atoms with van der Waals surface area (Å²) in [6.45, 7) is 2.78. The zero-order valence-corrected chi connectivity index (χ0v) is 17.1. The second-order valence-electron chi connectivity index (χ2n) is 6.67. The smallest absolute Gasteiger partial charge is 0.268 e. The van der Waals surface area contributed by atoms with Gasteiger partial charge in [-0.1, -0.05) is 0 Å². The Hall–Kier alpha value is -2.58. The second kappa shape index (κ2) is 7.81. The lowest BCUT2D eigenvalue weighted by Crippen LogP contribution is -2.20. The Balaban J connectivity index is 2.19. The van der Waals surface area contributed by atoms with Crippen LogP contribution in [0.4, 0.5) is 4.39 Å². The molecule has 0 fully saturated rings. The zero-order chi connectivity index (χ0) is 20.5. The molecular formula is C20H23FN2O4S. The van der Waals surface area contributed by atoms with Gasteiger partial charge in [-0.3, -0.25) is 0 Å². The molecule has 0 spiro atoms. The molecule has 0 saturated heterocycles. The van der Waals surface area contributed by atoms with Gasteiger partial charge in [0.05, 0.1) is 23.2 Å². The van der Waals surface area contributed by atoms with E-state index in [-0.39, 0.29) is 4.90 Å². The molecule has 0 aliphatic carbocycles. The third kappa shape index (κ3) is 3.70. The summed E-state index contributed by atoms with van der Waals surface area (Å²) in [6.07, 6.45) is 0. The summed E-state index contributed by atoms with van der Waals surface area (Å²) in [4.78, 5) is 1.98. The van der Waals surface area contributed by atoms with Crippen molar-refractivity contribution in [3.05, 3.63) is 54.0 Å². The van der Waals surface area contributed by atoms with Gasteiger partial charge in [-0.2, -0.15) is 0 Å². The molecule has 0 atom stereocenters. The fourth-order valence-electron chi connectivity index (χ4n) is 3.00. The van der Waals surface area contributed by atoms with E-state index in [9.17, 15) is 12.8 Å². The number of rotatable bonds is 7. The van der Waals surface area contributed by atoms with Crippen LogP contribution in [0, 0.1) is 12.7 Å². The molecule has 1 heterocycles. The highest BCUT2D eigenvalue weighted by Gasteiger charge is 2.26. The molecule has 0 unspecified atom stereocenters. The van der Waals surface area contributed by atoms with E-state index in [1.807, 2.05) is 19.0 Å². The van der Waals surface area contributed by atoms with Crippen LogP contribution in [0.15, 0.2) is 47.4 Å². The molecule has 3 rings (SSSR count). The van der Waals surface area contributed by atoms with Gasteiger partial charge in [-0.25, -0.2) is 16.8 Å². The van der Waals surface area contributed by atoms with Crippen LogP contribution in [0.2, 0.25) is 0 Å². The summed E-state index contributed by atoms with van der Waals surface area (Å²) >= 11 is 0. The number of likely N-dealkylation sites (N-methyl/N-ethyl adjacent to an activating group) is 1. The van der Waals surface area contributed by atoms with Gasteiger partial charge in [0.15, 0.2) is 0 Å². The number of aromatic nitrogens is 1. The van der Waals surface area contributed by atoms with E-state index in [4.69, 9.17) is 9.47 Å². The Morgan fingerprint density at radius 1 is 1.11 bits per heavy atom. The predicted octanol–water partition coefficient (Wildman–Crippen LogP) is 3.27. The summed E-state index contributed by atoms with van der Waals surface area (Å²) in [5.74, 6) is 0.591. The van der Waals surface area contributed by atoms with Gasteiger partial charge in [0.2, 0.25) is 0 Å². The van der Waals surface area contributed by atoms with E-state index in [2.05, 4.69) is 0 Å². The highest BCUT2D eigenvalue weighted by Crippen LogP contribution is 2.37. The van der Waals surface area contributed by atoms with Crippen molar-refractivity contribution in [3.8, 4) is 11.5 Å². The van der Waals surface area contributed by atoms with E-state index >= 15 is 0 Å². The molecular weight excluding hydrogens is 383 g/mol. The zero-order valence-electron chi connectivity index (χ0n) is 16.3. The number of methoxy groups -OCH3 is 1. The van der Waals surface area contributed by atoms with Gasteiger partial charge in [0.1, 0.15) is 23.9 Å². The third-order valence-electron chi connectivity index (χ3n) is 4.44. The van der Waals surface area contributed by atoms with E-state index in [1.54, 1.807) is 32.2 Å². The minimum absolute atomic E-state index is 0.00422. The summed E-state index contributed by atoms with van der Waals surface area (Å²) in [5.41, 5.74) is 0.925. The van der Waals surface area contributed by atoms with Crippen molar-refractivity contribution in [1.82, 2.24) is 8.87 Å². The highest BCUT2D eigenvalue weighted by atomic mass is 32.2. The molecule has 0 aliphatic heterocycles. The number of nitrogens with zero attached hydrogens (tertiary/aromatic N) is 2. The standard InChI is InChI=1S/C20H23FN2O4S/c1-14-20(27-12-11-22(2)3)18-13-16(26-4)7-10-19(18)23(14)28(24,25)17-8-5-15(21)6-9-17/h5-10,13H,11-12H2,1-4H3. The fourth-order valence-corrected chi connectivity index (χ4v) is 4.56. The lowest BCUT2D eigenvalue weighted by atomic mass is 10.2. The van der Waals surface area contributed by atoms with Crippen molar-refractivity contribution in [1.29, 1.82) is 0 Å². The lowest BCUT2D eigenvalue weighted by Gasteiger charge is -2.12. The predicted molar refractivity (Wildman–Crippen MR) is 106 cm³/mol. The third-order valence-corrected chi connectivity index (χ3v) is 6.26. The fraction of sp³-hybridized carbons (Fsp3) is 0.300. The van der Waals surface area contributed by atoms with Gasteiger partial charge >= 0.3 is 0 Å². The van der Waals surface area contributed by atoms with Crippen LogP contribution in [-0.4, -0.2) is 51.6 Å². The molecule has 150 valence electrons.